The van der Waals surface area contributed by atoms with Crippen molar-refractivity contribution in [1.82, 2.24) is 0 Å². The second-order valence-electron chi connectivity index (χ2n) is 6.66. The van der Waals surface area contributed by atoms with E-state index < -0.39 is 0 Å². The number of quaternary nitrogens is 1. The zero-order chi connectivity index (χ0) is 16.8. The Morgan fingerprint density at radius 2 is 2.12 bits per heavy atom. The Labute approximate surface area is 145 Å². The lowest BCUT2D eigenvalue weighted by molar-refractivity contribution is -0.932. The van der Waals surface area contributed by atoms with Crippen molar-refractivity contribution in [2.24, 2.45) is 0 Å². The van der Waals surface area contributed by atoms with Crippen LogP contribution < -0.4 is 9.80 Å². The molecule has 24 heavy (non-hydrogen) atoms. The summed E-state index contributed by atoms with van der Waals surface area (Å²) in [7, 11) is 0. The second kappa shape index (κ2) is 5.83. The summed E-state index contributed by atoms with van der Waals surface area (Å²) in [5.41, 5.74) is 3.76. The number of amides is 1. The van der Waals surface area contributed by atoms with E-state index in [4.69, 9.17) is 0 Å². The van der Waals surface area contributed by atoms with E-state index in [1.165, 1.54) is 15.3 Å². The van der Waals surface area contributed by atoms with Gasteiger partial charge in [-0.25, -0.2) is 0 Å². The molecule has 1 unspecified atom stereocenters. The minimum absolute atomic E-state index is 0.366. The molecule has 0 saturated heterocycles. The Hall–Kier alpha value is -1.98. The molecule has 0 radical (unpaired) electrons. The molecule has 0 bridgehead atoms. The second-order valence-corrected chi connectivity index (χ2v) is 7.66. The number of benzene rings is 1. The van der Waals surface area contributed by atoms with Crippen molar-refractivity contribution in [1.29, 1.82) is 0 Å². The summed E-state index contributed by atoms with van der Waals surface area (Å²) in [5, 5.41) is 2.17. The molecule has 2 aromatic rings. The van der Waals surface area contributed by atoms with Crippen molar-refractivity contribution < 1.29 is 14.5 Å². The van der Waals surface area contributed by atoms with E-state index in [0.717, 1.165) is 30.6 Å². The van der Waals surface area contributed by atoms with Crippen molar-refractivity contribution in [2.45, 2.75) is 32.7 Å². The monoisotopic (exact) mass is 341 g/mol. The Balaban J connectivity index is 1.64. The van der Waals surface area contributed by atoms with E-state index in [-0.39, 0.29) is 11.7 Å². The van der Waals surface area contributed by atoms with Crippen LogP contribution >= 0.6 is 11.3 Å². The number of fused-ring (bicyclic) bond motifs is 2. The van der Waals surface area contributed by atoms with Crippen LogP contribution in [-0.2, 0) is 11.2 Å². The molecule has 4 rings (SSSR count). The lowest BCUT2D eigenvalue weighted by Gasteiger charge is -2.34. The summed E-state index contributed by atoms with van der Waals surface area (Å²) < 4.78 is 0. The fraction of sp³-hybridized carbons (Fsp3) is 0.368. The molecule has 1 aromatic carbocycles. The first-order valence-electron chi connectivity index (χ1n) is 8.47. The molecular formula is C19H21N2O2S+. The zero-order valence-electron chi connectivity index (χ0n) is 14.0. The van der Waals surface area contributed by atoms with Gasteiger partial charge in [0.25, 0.3) is 5.78 Å². The highest BCUT2D eigenvalue weighted by atomic mass is 32.1. The SMILES string of the molecule is CC[C@H]1c2ccsc2CC[NH+]1CN1C(=O)C(=O)c2cc(C)ccc21. The molecule has 0 saturated carbocycles. The van der Waals surface area contributed by atoms with Crippen molar-refractivity contribution in [3.63, 3.8) is 0 Å². The van der Waals surface area contributed by atoms with Crippen LogP contribution in [0.3, 0.4) is 0 Å². The topological polar surface area (TPSA) is 41.8 Å². The third kappa shape index (κ3) is 2.31. The number of aryl methyl sites for hydroxylation is 1. The molecule has 3 heterocycles. The molecule has 1 amide bonds. The van der Waals surface area contributed by atoms with E-state index in [1.54, 1.807) is 4.90 Å². The van der Waals surface area contributed by atoms with Gasteiger partial charge in [0.15, 0.2) is 6.67 Å². The molecule has 2 aliphatic rings. The molecule has 4 nitrogen and oxygen atoms in total. The smallest absolute Gasteiger partial charge is 0.303 e. The van der Waals surface area contributed by atoms with Crippen molar-refractivity contribution in [3.05, 3.63) is 51.2 Å². The van der Waals surface area contributed by atoms with Gasteiger partial charge < -0.3 is 4.90 Å². The quantitative estimate of drug-likeness (QED) is 0.869. The predicted octanol–water partition coefficient (Wildman–Crippen LogP) is 2.14. The molecule has 0 fully saturated rings. The van der Waals surface area contributed by atoms with Crippen LogP contribution in [0.1, 0.15) is 45.7 Å². The van der Waals surface area contributed by atoms with Crippen LogP contribution in [0.25, 0.3) is 0 Å². The number of carbonyl (C=O) groups is 2. The Morgan fingerprint density at radius 3 is 2.92 bits per heavy atom. The Kier molecular flexibility index (Phi) is 3.77. The highest BCUT2D eigenvalue weighted by Gasteiger charge is 2.40. The maximum atomic E-state index is 12.5. The summed E-state index contributed by atoms with van der Waals surface area (Å²) in [5.74, 6) is -0.747. The molecule has 2 atom stereocenters. The van der Waals surface area contributed by atoms with Crippen LogP contribution in [0, 0.1) is 6.92 Å². The van der Waals surface area contributed by atoms with E-state index in [2.05, 4.69) is 18.4 Å². The summed E-state index contributed by atoms with van der Waals surface area (Å²) in [6.45, 7) is 5.72. The minimum atomic E-state index is -0.380. The fourth-order valence-electron chi connectivity index (χ4n) is 4.00. The third-order valence-corrected chi connectivity index (χ3v) is 6.21. The van der Waals surface area contributed by atoms with Gasteiger partial charge in [-0.15, -0.1) is 11.3 Å². The van der Waals surface area contributed by atoms with Crippen molar-refractivity contribution in [2.75, 3.05) is 18.1 Å². The Morgan fingerprint density at radius 1 is 1.29 bits per heavy atom. The van der Waals surface area contributed by atoms with Crippen LogP contribution in [0.2, 0.25) is 0 Å². The molecule has 1 aromatic heterocycles. The summed E-state index contributed by atoms with van der Waals surface area (Å²) in [6.07, 6.45) is 2.09. The van der Waals surface area contributed by atoms with Gasteiger partial charge in [0, 0.05) is 23.3 Å². The Bertz CT molecular complexity index is 827. The standard InChI is InChI=1S/C19H20N2O2S/c1-3-15-13-7-9-24-17(13)6-8-20(15)11-21-16-5-4-12(2)10-14(16)18(22)19(21)23/h4-5,7,9-10,15H,3,6,8,11H2,1-2H3/p+1/t15-/m0/s1. The van der Waals surface area contributed by atoms with Crippen LogP contribution in [-0.4, -0.2) is 24.9 Å². The lowest BCUT2D eigenvalue weighted by atomic mass is 9.98. The summed E-state index contributed by atoms with van der Waals surface area (Å²) in [6, 6.07) is 8.33. The lowest BCUT2D eigenvalue weighted by Crippen LogP contribution is -3.15. The molecule has 0 spiro atoms. The van der Waals surface area contributed by atoms with Crippen LogP contribution in [0.5, 0.6) is 0 Å². The number of nitrogens with zero attached hydrogens (tertiary/aromatic N) is 1. The van der Waals surface area contributed by atoms with Gasteiger partial charge in [0.1, 0.15) is 6.04 Å². The van der Waals surface area contributed by atoms with Gasteiger partial charge in [-0.2, -0.15) is 0 Å². The van der Waals surface area contributed by atoms with E-state index >= 15 is 0 Å². The van der Waals surface area contributed by atoms with Crippen molar-refractivity contribution in [3.8, 4) is 0 Å². The number of nitrogens with one attached hydrogen (secondary N) is 1. The zero-order valence-corrected chi connectivity index (χ0v) is 14.8. The van der Waals surface area contributed by atoms with Crippen LogP contribution in [0.15, 0.2) is 29.6 Å². The first-order valence-corrected chi connectivity index (χ1v) is 9.35. The maximum absolute atomic E-state index is 12.5. The van der Waals surface area contributed by atoms with Gasteiger partial charge >= 0.3 is 5.91 Å². The van der Waals surface area contributed by atoms with Gasteiger partial charge in [0.2, 0.25) is 0 Å². The number of hydrogen-bond donors (Lipinski definition) is 1. The third-order valence-electron chi connectivity index (χ3n) is 5.22. The molecule has 1 N–H and O–H groups in total. The highest BCUT2D eigenvalue weighted by molar-refractivity contribution is 7.10. The summed E-state index contributed by atoms with van der Waals surface area (Å²) >= 11 is 1.83. The van der Waals surface area contributed by atoms with Gasteiger partial charge in [-0.3, -0.25) is 14.5 Å². The average Bonchev–Trinajstić information content (AvgIpc) is 3.14. The van der Waals surface area contributed by atoms with Gasteiger partial charge in [-0.05, 0) is 30.5 Å². The van der Waals surface area contributed by atoms with E-state index in [0.29, 0.717) is 18.3 Å². The summed E-state index contributed by atoms with van der Waals surface area (Å²) in [4.78, 5) is 29.4. The number of Topliss-reactive ketones (excluding diaryl/α,β-unsaturated/α-hetero) is 1. The van der Waals surface area contributed by atoms with Gasteiger partial charge in [0.05, 0.1) is 17.8 Å². The largest absolute Gasteiger partial charge is 0.311 e. The van der Waals surface area contributed by atoms with Crippen molar-refractivity contribution >= 4 is 28.7 Å². The van der Waals surface area contributed by atoms with E-state index in [1.807, 2.05) is 36.5 Å². The highest BCUT2D eigenvalue weighted by Crippen LogP contribution is 2.30. The number of rotatable bonds is 3. The molecular weight excluding hydrogens is 320 g/mol. The minimum Gasteiger partial charge on any atom is -0.311 e. The fourth-order valence-corrected chi connectivity index (χ4v) is 4.95. The first kappa shape index (κ1) is 15.5. The van der Waals surface area contributed by atoms with Crippen LogP contribution in [0.4, 0.5) is 5.69 Å². The maximum Gasteiger partial charge on any atom is 0.303 e. The number of anilines is 1. The average molecular weight is 341 g/mol. The number of thiophene rings is 1. The van der Waals surface area contributed by atoms with Gasteiger partial charge in [-0.1, -0.05) is 18.6 Å². The molecule has 0 aliphatic carbocycles. The molecule has 124 valence electrons. The molecule has 5 heteroatoms. The normalized spacial score (nSPS) is 22.7. The number of ketones is 1. The first-order chi connectivity index (χ1) is 11.6. The van der Waals surface area contributed by atoms with E-state index in [9.17, 15) is 9.59 Å². The number of hydrogen-bond acceptors (Lipinski definition) is 3. The number of carbonyl (C=O) groups excluding carboxylic acids is 2. The molecule has 2 aliphatic heterocycles. The predicted molar refractivity (Wildman–Crippen MR) is 94.7 cm³/mol.